The molecule has 0 amide bonds. The number of nitrogens with two attached hydrogens (primary N) is 1. The molecule has 0 bridgehead atoms. The summed E-state index contributed by atoms with van der Waals surface area (Å²) in [6.45, 7) is 0. The number of anilines is 1. The van der Waals surface area contributed by atoms with Crippen molar-refractivity contribution in [2.24, 2.45) is 0 Å². The second kappa shape index (κ2) is 4.49. The first-order chi connectivity index (χ1) is 9.22. The highest BCUT2D eigenvalue weighted by atomic mass is 19.1. The predicted octanol–water partition coefficient (Wildman–Crippen LogP) is 2.52. The SMILES string of the molecule is Nc1ccc(-c2nc(-c3ccc(F)cc3)no2)nc1. The van der Waals surface area contributed by atoms with E-state index in [1.807, 2.05) is 0 Å². The molecule has 0 unspecified atom stereocenters. The van der Waals surface area contributed by atoms with Gasteiger partial charge in [-0.15, -0.1) is 0 Å². The predicted molar refractivity (Wildman–Crippen MR) is 67.3 cm³/mol. The van der Waals surface area contributed by atoms with Crippen molar-refractivity contribution in [2.45, 2.75) is 0 Å². The van der Waals surface area contributed by atoms with Crippen LogP contribution < -0.4 is 5.73 Å². The first-order valence-electron chi connectivity index (χ1n) is 5.54. The Morgan fingerprint density at radius 3 is 2.53 bits per heavy atom. The summed E-state index contributed by atoms with van der Waals surface area (Å²) in [5, 5.41) is 3.84. The van der Waals surface area contributed by atoms with Crippen molar-refractivity contribution in [2.75, 3.05) is 5.73 Å². The molecular formula is C13H9FN4O. The number of aromatic nitrogens is 3. The van der Waals surface area contributed by atoms with Gasteiger partial charge >= 0.3 is 0 Å². The Bertz CT molecular complexity index is 631. The van der Waals surface area contributed by atoms with Crippen molar-refractivity contribution in [3.63, 3.8) is 0 Å². The van der Waals surface area contributed by atoms with E-state index in [0.717, 1.165) is 0 Å². The van der Waals surface area contributed by atoms with Crippen LogP contribution in [0, 0.1) is 5.82 Å². The number of rotatable bonds is 2. The third-order valence-corrected chi connectivity index (χ3v) is 2.53. The summed E-state index contributed by atoms with van der Waals surface area (Å²) in [5.74, 6) is 0.362. The smallest absolute Gasteiger partial charge is 0.276 e. The van der Waals surface area contributed by atoms with E-state index in [2.05, 4.69) is 15.1 Å². The molecule has 0 aliphatic rings. The molecule has 3 rings (SSSR count). The van der Waals surface area contributed by atoms with Crippen LogP contribution in [0.25, 0.3) is 23.0 Å². The van der Waals surface area contributed by atoms with Crippen LogP contribution >= 0.6 is 0 Å². The number of nitrogen functional groups attached to an aromatic ring is 1. The van der Waals surface area contributed by atoms with Crippen molar-refractivity contribution in [3.8, 4) is 23.0 Å². The summed E-state index contributed by atoms with van der Waals surface area (Å²) < 4.78 is 17.9. The first kappa shape index (κ1) is 11.3. The van der Waals surface area contributed by atoms with Crippen molar-refractivity contribution < 1.29 is 8.91 Å². The summed E-state index contributed by atoms with van der Waals surface area (Å²) in [5.41, 5.74) is 7.32. The number of nitrogens with zero attached hydrogens (tertiary/aromatic N) is 3. The number of benzene rings is 1. The van der Waals surface area contributed by atoms with Crippen molar-refractivity contribution in [3.05, 3.63) is 48.4 Å². The van der Waals surface area contributed by atoms with E-state index < -0.39 is 0 Å². The van der Waals surface area contributed by atoms with Gasteiger partial charge in [0.1, 0.15) is 11.5 Å². The maximum absolute atomic E-state index is 12.8. The highest BCUT2D eigenvalue weighted by Crippen LogP contribution is 2.21. The second-order valence-corrected chi connectivity index (χ2v) is 3.91. The quantitative estimate of drug-likeness (QED) is 0.762. The average molecular weight is 256 g/mol. The molecule has 5 nitrogen and oxygen atoms in total. The molecule has 0 aliphatic heterocycles. The highest BCUT2D eigenvalue weighted by molar-refractivity contribution is 5.58. The summed E-state index contributed by atoms with van der Waals surface area (Å²) in [6, 6.07) is 9.24. The van der Waals surface area contributed by atoms with Crippen molar-refractivity contribution in [1.29, 1.82) is 0 Å². The Morgan fingerprint density at radius 1 is 1.05 bits per heavy atom. The van der Waals surface area contributed by atoms with Crippen LogP contribution in [0.4, 0.5) is 10.1 Å². The molecular weight excluding hydrogens is 247 g/mol. The Kier molecular flexibility index (Phi) is 2.68. The van der Waals surface area contributed by atoms with Gasteiger partial charge in [-0.1, -0.05) is 5.16 Å². The van der Waals surface area contributed by atoms with Crippen LogP contribution in [-0.2, 0) is 0 Å². The van der Waals surface area contributed by atoms with E-state index in [1.54, 1.807) is 24.3 Å². The molecule has 0 saturated heterocycles. The number of halogens is 1. The molecule has 0 spiro atoms. The monoisotopic (exact) mass is 256 g/mol. The Morgan fingerprint density at radius 2 is 1.84 bits per heavy atom. The summed E-state index contributed by atoms with van der Waals surface area (Å²) >= 11 is 0. The highest BCUT2D eigenvalue weighted by Gasteiger charge is 2.11. The van der Waals surface area contributed by atoms with Crippen LogP contribution in [-0.4, -0.2) is 15.1 Å². The van der Waals surface area contributed by atoms with Gasteiger partial charge in [0, 0.05) is 5.56 Å². The Balaban J connectivity index is 1.95. The van der Waals surface area contributed by atoms with Crippen LogP contribution in [0.5, 0.6) is 0 Å². The molecule has 0 saturated carbocycles. The van der Waals surface area contributed by atoms with Gasteiger partial charge in [-0.3, -0.25) is 0 Å². The van der Waals surface area contributed by atoms with Crippen LogP contribution in [0.3, 0.4) is 0 Å². The van der Waals surface area contributed by atoms with Crippen LogP contribution in [0.1, 0.15) is 0 Å². The van der Waals surface area contributed by atoms with Crippen molar-refractivity contribution >= 4 is 5.69 Å². The minimum atomic E-state index is -0.312. The maximum Gasteiger partial charge on any atom is 0.276 e. The zero-order valence-corrected chi connectivity index (χ0v) is 9.75. The largest absolute Gasteiger partial charge is 0.397 e. The standard InChI is InChI=1S/C13H9FN4O/c14-9-3-1-8(2-4-9)12-17-13(19-18-12)11-6-5-10(15)7-16-11/h1-7H,15H2. The second-order valence-electron chi connectivity index (χ2n) is 3.91. The molecule has 94 valence electrons. The Hall–Kier alpha value is -2.76. The summed E-state index contributed by atoms with van der Waals surface area (Å²) in [4.78, 5) is 8.29. The molecule has 0 atom stereocenters. The van der Waals surface area contributed by atoms with E-state index in [-0.39, 0.29) is 5.82 Å². The molecule has 2 aromatic heterocycles. The van der Waals surface area contributed by atoms with Gasteiger partial charge < -0.3 is 10.3 Å². The summed E-state index contributed by atoms with van der Waals surface area (Å²) in [6.07, 6.45) is 1.51. The minimum Gasteiger partial charge on any atom is -0.397 e. The fraction of sp³-hybridized carbons (Fsp3) is 0. The first-order valence-corrected chi connectivity index (χ1v) is 5.54. The molecule has 6 heteroatoms. The third kappa shape index (κ3) is 2.28. The van der Waals surface area contributed by atoms with E-state index >= 15 is 0 Å². The average Bonchev–Trinajstić information content (AvgIpc) is 2.90. The topological polar surface area (TPSA) is 77.8 Å². The van der Waals surface area contributed by atoms with E-state index in [9.17, 15) is 4.39 Å². The van der Waals surface area contributed by atoms with Gasteiger partial charge in [-0.05, 0) is 36.4 Å². The number of hydrogen-bond acceptors (Lipinski definition) is 5. The molecule has 19 heavy (non-hydrogen) atoms. The lowest BCUT2D eigenvalue weighted by Gasteiger charge is -1.94. The fourth-order valence-corrected chi connectivity index (χ4v) is 1.58. The van der Waals surface area contributed by atoms with Crippen molar-refractivity contribution in [1.82, 2.24) is 15.1 Å². The molecule has 0 radical (unpaired) electrons. The van der Waals surface area contributed by atoms with Crippen LogP contribution in [0.15, 0.2) is 47.1 Å². The zero-order valence-electron chi connectivity index (χ0n) is 9.75. The molecule has 2 N–H and O–H groups in total. The van der Waals surface area contributed by atoms with E-state index in [4.69, 9.17) is 10.3 Å². The molecule has 3 aromatic rings. The Labute approximate surface area is 107 Å². The normalized spacial score (nSPS) is 10.6. The van der Waals surface area contributed by atoms with Gasteiger partial charge in [-0.25, -0.2) is 9.37 Å². The summed E-state index contributed by atoms with van der Waals surface area (Å²) in [7, 11) is 0. The third-order valence-electron chi connectivity index (χ3n) is 2.53. The lowest BCUT2D eigenvalue weighted by molar-refractivity contribution is 0.431. The minimum absolute atomic E-state index is 0.291. The number of hydrogen-bond donors (Lipinski definition) is 1. The molecule has 1 aromatic carbocycles. The molecule has 0 fully saturated rings. The van der Waals surface area contributed by atoms with Gasteiger partial charge in [0.15, 0.2) is 0 Å². The lowest BCUT2D eigenvalue weighted by atomic mass is 10.2. The van der Waals surface area contributed by atoms with E-state index in [1.165, 1.54) is 18.3 Å². The van der Waals surface area contributed by atoms with Gasteiger partial charge in [0.05, 0.1) is 11.9 Å². The fourth-order valence-electron chi connectivity index (χ4n) is 1.58. The number of pyridine rings is 1. The molecule has 2 heterocycles. The maximum atomic E-state index is 12.8. The molecule has 0 aliphatic carbocycles. The lowest BCUT2D eigenvalue weighted by Crippen LogP contribution is -1.88. The van der Waals surface area contributed by atoms with Gasteiger partial charge in [0.25, 0.3) is 5.89 Å². The van der Waals surface area contributed by atoms with Gasteiger partial charge in [-0.2, -0.15) is 4.98 Å². The van der Waals surface area contributed by atoms with Gasteiger partial charge in [0.2, 0.25) is 5.82 Å². The zero-order chi connectivity index (χ0) is 13.2. The van der Waals surface area contributed by atoms with Crippen LogP contribution in [0.2, 0.25) is 0 Å². The van der Waals surface area contributed by atoms with E-state index in [0.29, 0.717) is 28.7 Å².